The molecule has 3 aromatic carbocycles. The second kappa shape index (κ2) is 8.85. The van der Waals surface area contributed by atoms with Crippen LogP contribution in [0.1, 0.15) is 35.4 Å². The molecule has 1 amide bonds. The number of ether oxygens (including phenoxy) is 2. The van der Waals surface area contributed by atoms with Crippen LogP contribution in [0.3, 0.4) is 0 Å². The topological polar surface area (TPSA) is 93.9 Å². The number of nitrogens with zero attached hydrogens (tertiary/aromatic N) is 2. The van der Waals surface area contributed by atoms with Crippen LogP contribution in [0.4, 0.5) is 10.1 Å². The number of rotatable bonds is 6. The van der Waals surface area contributed by atoms with E-state index in [9.17, 15) is 19.3 Å². The van der Waals surface area contributed by atoms with Gasteiger partial charge in [0.25, 0.3) is 11.9 Å². The Morgan fingerprint density at radius 3 is 2.68 bits per heavy atom. The molecule has 0 aromatic heterocycles. The van der Waals surface area contributed by atoms with E-state index in [0.717, 1.165) is 24.0 Å². The summed E-state index contributed by atoms with van der Waals surface area (Å²) in [6.45, 7) is 0.830. The van der Waals surface area contributed by atoms with Gasteiger partial charge in [-0.3, -0.25) is 19.8 Å². The molecule has 1 N–H and O–H groups in total. The molecule has 37 heavy (non-hydrogen) atoms. The summed E-state index contributed by atoms with van der Waals surface area (Å²) < 4.78 is 24.8. The second-order valence-corrected chi connectivity index (χ2v) is 9.75. The first-order chi connectivity index (χ1) is 17.9. The molecule has 3 heterocycles. The molecule has 4 atom stereocenters. The monoisotopic (exact) mass is 503 g/mol. The number of para-hydroxylation sites is 1. The Balaban J connectivity index is 1.39. The van der Waals surface area contributed by atoms with E-state index >= 15 is 0 Å². The molecule has 0 unspecified atom stereocenters. The number of nitrogens with one attached hydrogen (secondary N) is 1. The molecule has 3 aliphatic heterocycles. The molecule has 2 saturated heterocycles. The normalized spacial score (nSPS) is 26.1. The number of hydrogen-bond donors (Lipinski definition) is 1. The number of methoxy groups -OCH3 is 1. The van der Waals surface area contributed by atoms with Crippen LogP contribution in [0.15, 0.2) is 66.7 Å². The molecular formula is C28H26FN3O5. The molecule has 6 rings (SSSR count). The smallest absolute Gasteiger partial charge is 0.256 e. The highest BCUT2D eigenvalue weighted by Gasteiger charge is 2.73. The van der Waals surface area contributed by atoms with E-state index in [4.69, 9.17) is 9.47 Å². The fourth-order valence-corrected chi connectivity index (χ4v) is 6.53. The average Bonchev–Trinajstić information content (AvgIpc) is 3.56. The zero-order valence-electron chi connectivity index (χ0n) is 20.2. The first kappa shape index (κ1) is 23.4. The number of anilines is 1. The van der Waals surface area contributed by atoms with Gasteiger partial charge in [0.05, 0.1) is 13.0 Å². The summed E-state index contributed by atoms with van der Waals surface area (Å²) in [6.07, 6.45) is 1.62. The molecular weight excluding hydrogens is 477 g/mol. The van der Waals surface area contributed by atoms with Gasteiger partial charge >= 0.3 is 0 Å². The predicted octanol–water partition coefficient (Wildman–Crippen LogP) is 4.47. The molecule has 3 aliphatic rings. The maximum Gasteiger partial charge on any atom is 0.256 e. The quantitative estimate of drug-likeness (QED) is 0.394. The minimum Gasteiger partial charge on any atom is -0.493 e. The lowest BCUT2D eigenvalue weighted by molar-refractivity contribution is -0.534. The van der Waals surface area contributed by atoms with Gasteiger partial charge in [-0.1, -0.05) is 36.4 Å². The Morgan fingerprint density at radius 2 is 1.92 bits per heavy atom. The number of carbonyl (C=O) groups is 1. The Hall–Kier alpha value is -3.98. The van der Waals surface area contributed by atoms with Crippen LogP contribution < -0.4 is 14.8 Å². The van der Waals surface area contributed by atoms with Crippen molar-refractivity contribution in [2.75, 3.05) is 19.0 Å². The third-order valence-electron chi connectivity index (χ3n) is 7.97. The molecule has 8 nitrogen and oxygen atoms in total. The molecule has 0 radical (unpaired) electrons. The summed E-state index contributed by atoms with van der Waals surface area (Å²) >= 11 is 0. The zero-order chi connectivity index (χ0) is 25.7. The third kappa shape index (κ3) is 3.48. The van der Waals surface area contributed by atoms with Crippen molar-refractivity contribution in [3.05, 3.63) is 99.4 Å². The fraction of sp³-hybridized carbons (Fsp3) is 0.321. The van der Waals surface area contributed by atoms with Crippen LogP contribution in [0.5, 0.6) is 11.5 Å². The summed E-state index contributed by atoms with van der Waals surface area (Å²) in [5.74, 6) is -0.248. The van der Waals surface area contributed by atoms with Crippen LogP contribution in [0.2, 0.25) is 0 Å². The Kier molecular flexibility index (Phi) is 5.60. The maximum absolute atomic E-state index is 13.6. The van der Waals surface area contributed by atoms with Gasteiger partial charge in [0.15, 0.2) is 17.0 Å². The van der Waals surface area contributed by atoms with E-state index in [1.807, 2.05) is 24.3 Å². The fourth-order valence-electron chi connectivity index (χ4n) is 6.53. The minimum atomic E-state index is -1.36. The van der Waals surface area contributed by atoms with E-state index in [-0.39, 0.29) is 29.3 Å². The first-order valence-electron chi connectivity index (χ1n) is 12.3. The highest BCUT2D eigenvalue weighted by molar-refractivity contribution is 6.07. The van der Waals surface area contributed by atoms with Crippen molar-refractivity contribution in [2.24, 2.45) is 0 Å². The van der Waals surface area contributed by atoms with Crippen molar-refractivity contribution in [1.29, 1.82) is 0 Å². The van der Waals surface area contributed by atoms with Gasteiger partial charge in [-0.15, -0.1) is 0 Å². The molecule has 2 fully saturated rings. The van der Waals surface area contributed by atoms with E-state index in [0.29, 0.717) is 29.3 Å². The van der Waals surface area contributed by atoms with Gasteiger partial charge in [-0.2, -0.15) is 0 Å². The highest BCUT2D eigenvalue weighted by atomic mass is 19.1. The van der Waals surface area contributed by atoms with Gasteiger partial charge in [0.1, 0.15) is 12.4 Å². The number of halogens is 1. The van der Waals surface area contributed by atoms with Crippen LogP contribution in [-0.2, 0) is 16.9 Å². The molecule has 0 saturated carbocycles. The zero-order valence-corrected chi connectivity index (χ0v) is 20.2. The number of amides is 1. The van der Waals surface area contributed by atoms with E-state index in [2.05, 4.69) is 10.2 Å². The van der Waals surface area contributed by atoms with Crippen molar-refractivity contribution in [3.63, 3.8) is 0 Å². The van der Waals surface area contributed by atoms with Crippen molar-refractivity contribution < 1.29 is 23.6 Å². The Morgan fingerprint density at radius 1 is 1.14 bits per heavy atom. The number of hydrogen-bond acceptors (Lipinski definition) is 6. The minimum absolute atomic E-state index is 0.164. The summed E-state index contributed by atoms with van der Waals surface area (Å²) in [5, 5.41) is 15.7. The standard InChI is InChI=1S/C28H26FN3O5/c1-36-24-15-18(10-13-23(24)37-16-17-8-11-19(29)12-9-17)25-22-7-4-14-31(22)28(26(25)32(34)35)20-5-2-3-6-21(20)30-27(28)33/h2-3,5-6,8-13,15,22,25-26H,4,7,14,16H2,1H3,(H,30,33)/t22-,25+,26+,28+/m0/s1. The molecule has 9 heteroatoms. The van der Waals surface area contributed by atoms with Crippen molar-refractivity contribution in [3.8, 4) is 11.5 Å². The lowest BCUT2D eigenvalue weighted by Crippen LogP contribution is -2.55. The maximum atomic E-state index is 13.6. The lowest BCUT2D eigenvalue weighted by Gasteiger charge is -2.32. The molecule has 1 spiro atoms. The molecule has 0 aliphatic carbocycles. The van der Waals surface area contributed by atoms with Crippen LogP contribution >= 0.6 is 0 Å². The summed E-state index contributed by atoms with van der Waals surface area (Å²) in [6, 6.07) is 17.4. The summed E-state index contributed by atoms with van der Waals surface area (Å²) in [7, 11) is 1.52. The highest BCUT2D eigenvalue weighted by Crippen LogP contribution is 2.58. The van der Waals surface area contributed by atoms with Crippen LogP contribution in [-0.4, -0.2) is 41.5 Å². The molecule has 0 bridgehead atoms. The summed E-state index contributed by atoms with van der Waals surface area (Å²) in [4.78, 5) is 28.1. The van der Waals surface area contributed by atoms with Gasteiger partial charge in [-0.25, -0.2) is 4.39 Å². The largest absolute Gasteiger partial charge is 0.493 e. The lowest BCUT2D eigenvalue weighted by atomic mass is 9.77. The van der Waals surface area contributed by atoms with Gasteiger partial charge in [0.2, 0.25) is 0 Å². The number of fused-ring (bicyclic) bond motifs is 4. The van der Waals surface area contributed by atoms with Crippen molar-refractivity contribution in [2.45, 2.75) is 43.0 Å². The van der Waals surface area contributed by atoms with Crippen LogP contribution in [0.25, 0.3) is 0 Å². The SMILES string of the molecule is COc1cc([C@@H]2[C@@H]3CCCN3[C@@]3(C(=O)Nc4ccccc43)[C@@H]2[N+](=O)[O-])ccc1OCc1ccc(F)cc1. The van der Waals surface area contributed by atoms with Gasteiger partial charge in [0, 0.05) is 28.8 Å². The van der Waals surface area contributed by atoms with Crippen molar-refractivity contribution in [1.82, 2.24) is 4.90 Å². The Labute approximate surface area is 213 Å². The van der Waals surface area contributed by atoms with E-state index in [1.54, 1.807) is 30.3 Å². The Bertz CT molecular complexity index is 1380. The van der Waals surface area contributed by atoms with E-state index in [1.165, 1.54) is 19.2 Å². The third-order valence-corrected chi connectivity index (χ3v) is 7.97. The first-order valence-corrected chi connectivity index (χ1v) is 12.3. The van der Waals surface area contributed by atoms with E-state index < -0.39 is 17.5 Å². The second-order valence-electron chi connectivity index (χ2n) is 9.75. The van der Waals surface area contributed by atoms with Crippen LogP contribution in [0, 0.1) is 15.9 Å². The van der Waals surface area contributed by atoms with Gasteiger partial charge < -0.3 is 14.8 Å². The average molecular weight is 504 g/mol. The summed E-state index contributed by atoms with van der Waals surface area (Å²) in [5.41, 5.74) is 1.47. The molecule has 3 aromatic rings. The van der Waals surface area contributed by atoms with Gasteiger partial charge in [-0.05, 0) is 54.3 Å². The number of carbonyl (C=O) groups excluding carboxylic acids is 1. The number of benzene rings is 3. The number of nitro groups is 1. The predicted molar refractivity (Wildman–Crippen MR) is 134 cm³/mol. The van der Waals surface area contributed by atoms with Crippen molar-refractivity contribution >= 4 is 11.6 Å². The molecule has 190 valence electrons.